The first-order valence-electron chi connectivity index (χ1n) is 8.26. The number of carboxylic acids is 1. The summed E-state index contributed by atoms with van der Waals surface area (Å²) in [7, 11) is -1.37. The second kappa shape index (κ2) is 6.55. The van der Waals surface area contributed by atoms with Crippen LogP contribution in [0.15, 0.2) is 23.1 Å². The SMILES string of the molecule is COC(=O)c1cc(S(=O)(=O)N2C[C@@H]3CCC[C@@]3(C(=O)O)C2)ccc1OC. The lowest BCUT2D eigenvalue weighted by Gasteiger charge is -2.23. The van der Waals surface area contributed by atoms with Gasteiger partial charge in [-0.05, 0) is 37.0 Å². The van der Waals surface area contributed by atoms with E-state index in [0.29, 0.717) is 12.8 Å². The van der Waals surface area contributed by atoms with Crippen LogP contribution in [0.1, 0.15) is 29.6 Å². The molecule has 3 rings (SSSR count). The average Bonchev–Trinajstić information content (AvgIpc) is 3.19. The molecule has 1 aromatic rings. The summed E-state index contributed by atoms with van der Waals surface area (Å²) in [6.07, 6.45) is 1.98. The normalized spacial score (nSPS) is 25.7. The second-order valence-corrected chi connectivity index (χ2v) is 8.64. The van der Waals surface area contributed by atoms with E-state index in [9.17, 15) is 23.1 Å². The van der Waals surface area contributed by atoms with Gasteiger partial charge < -0.3 is 14.6 Å². The second-order valence-electron chi connectivity index (χ2n) is 6.70. The van der Waals surface area contributed by atoms with Crippen LogP contribution in [0, 0.1) is 11.3 Å². The average molecular weight is 383 g/mol. The molecule has 142 valence electrons. The molecule has 0 radical (unpaired) electrons. The van der Waals surface area contributed by atoms with Gasteiger partial charge in [0.25, 0.3) is 0 Å². The third-order valence-corrected chi connectivity index (χ3v) is 7.29. The van der Waals surface area contributed by atoms with Gasteiger partial charge in [0.05, 0.1) is 24.5 Å². The van der Waals surface area contributed by atoms with Crippen molar-refractivity contribution in [3.05, 3.63) is 23.8 Å². The number of aliphatic carboxylic acids is 1. The summed E-state index contributed by atoms with van der Waals surface area (Å²) in [6, 6.07) is 3.95. The van der Waals surface area contributed by atoms with E-state index in [-0.39, 0.29) is 35.2 Å². The lowest BCUT2D eigenvalue weighted by Crippen LogP contribution is -2.37. The zero-order valence-electron chi connectivity index (χ0n) is 14.6. The summed E-state index contributed by atoms with van der Waals surface area (Å²) in [6.45, 7) is 0.128. The third-order valence-electron chi connectivity index (χ3n) is 5.48. The van der Waals surface area contributed by atoms with Gasteiger partial charge in [-0.2, -0.15) is 4.31 Å². The van der Waals surface area contributed by atoms with Crippen LogP contribution in [0.2, 0.25) is 0 Å². The molecule has 1 aliphatic carbocycles. The number of rotatable bonds is 5. The predicted octanol–water partition coefficient (Wildman–Crippen LogP) is 1.36. The highest BCUT2D eigenvalue weighted by atomic mass is 32.2. The van der Waals surface area contributed by atoms with Gasteiger partial charge in [0, 0.05) is 13.1 Å². The maximum atomic E-state index is 13.0. The summed E-state index contributed by atoms with van der Waals surface area (Å²) in [5.74, 6) is -1.63. The zero-order valence-corrected chi connectivity index (χ0v) is 15.4. The molecule has 0 spiro atoms. The highest BCUT2D eigenvalue weighted by Crippen LogP contribution is 2.50. The van der Waals surface area contributed by atoms with Crippen LogP contribution in [0.4, 0.5) is 0 Å². The summed E-state index contributed by atoms with van der Waals surface area (Å²) in [4.78, 5) is 23.6. The lowest BCUT2D eigenvalue weighted by molar-refractivity contribution is -0.149. The molecule has 1 heterocycles. The first-order chi connectivity index (χ1) is 12.3. The Morgan fingerprint density at radius 2 is 2.04 bits per heavy atom. The fraction of sp³-hybridized carbons (Fsp3) is 0.529. The molecule has 8 nitrogen and oxygen atoms in total. The van der Waals surface area contributed by atoms with E-state index in [1.807, 2.05) is 0 Å². The van der Waals surface area contributed by atoms with Crippen molar-refractivity contribution in [1.82, 2.24) is 4.31 Å². The van der Waals surface area contributed by atoms with E-state index in [1.54, 1.807) is 0 Å². The van der Waals surface area contributed by atoms with E-state index in [2.05, 4.69) is 4.74 Å². The van der Waals surface area contributed by atoms with Gasteiger partial charge in [-0.1, -0.05) is 6.42 Å². The standard InChI is InChI=1S/C17H21NO7S/c1-24-14-6-5-12(8-13(14)15(19)25-2)26(22,23)18-9-11-4-3-7-17(11,10-18)16(20)21/h5-6,8,11H,3-4,7,9-10H2,1-2H3,(H,20,21)/t11-,17+/m0/s1. The van der Waals surface area contributed by atoms with Crippen molar-refractivity contribution in [2.24, 2.45) is 11.3 Å². The van der Waals surface area contributed by atoms with Crippen molar-refractivity contribution >= 4 is 22.0 Å². The molecule has 1 N–H and O–H groups in total. The van der Waals surface area contributed by atoms with Crippen molar-refractivity contribution in [2.75, 3.05) is 27.3 Å². The molecule has 1 aliphatic heterocycles. The summed E-state index contributed by atoms with van der Waals surface area (Å²) >= 11 is 0. The minimum atomic E-state index is -3.93. The molecule has 0 bridgehead atoms. The number of nitrogens with zero attached hydrogens (tertiary/aromatic N) is 1. The highest BCUT2D eigenvalue weighted by molar-refractivity contribution is 7.89. The quantitative estimate of drug-likeness (QED) is 0.764. The number of carbonyl (C=O) groups is 2. The van der Waals surface area contributed by atoms with Crippen LogP contribution in [0.5, 0.6) is 5.75 Å². The Morgan fingerprint density at radius 3 is 2.62 bits per heavy atom. The molecule has 1 aromatic carbocycles. The monoisotopic (exact) mass is 383 g/mol. The number of methoxy groups -OCH3 is 2. The number of carboxylic acid groups (broad SMARTS) is 1. The van der Waals surface area contributed by atoms with Crippen LogP contribution < -0.4 is 4.74 Å². The van der Waals surface area contributed by atoms with E-state index in [4.69, 9.17) is 4.74 Å². The molecular formula is C17H21NO7S. The van der Waals surface area contributed by atoms with E-state index in [0.717, 1.165) is 6.42 Å². The number of benzene rings is 1. The molecule has 2 aliphatic rings. The van der Waals surface area contributed by atoms with Crippen molar-refractivity contribution in [3.63, 3.8) is 0 Å². The van der Waals surface area contributed by atoms with Crippen molar-refractivity contribution in [3.8, 4) is 5.75 Å². The largest absolute Gasteiger partial charge is 0.496 e. The minimum absolute atomic E-state index is 0.00316. The van der Waals surface area contributed by atoms with Gasteiger partial charge in [0.2, 0.25) is 10.0 Å². The maximum Gasteiger partial charge on any atom is 0.341 e. The van der Waals surface area contributed by atoms with Crippen LogP contribution >= 0.6 is 0 Å². The molecule has 0 aromatic heterocycles. The van der Waals surface area contributed by atoms with Crippen molar-refractivity contribution in [2.45, 2.75) is 24.2 Å². The lowest BCUT2D eigenvalue weighted by atomic mass is 9.81. The third kappa shape index (κ3) is 2.75. The van der Waals surface area contributed by atoms with E-state index >= 15 is 0 Å². The van der Waals surface area contributed by atoms with Gasteiger partial charge in [0.15, 0.2) is 0 Å². The number of fused-ring (bicyclic) bond motifs is 1. The molecule has 26 heavy (non-hydrogen) atoms. The van der Waals surface area contributed by atoms with Crippen molar-refractivity contribution in [1.29, 1.82) is 0 Å². The molecule has 2 fully saturated rings. The maximum absolute atomic E-state index is 13.0. The van der Waals surface area contributed by atoms with Crippen LogP contribution in [-0.2, 0) is 19.6 Å². The summed E-state index contributed by atoms with van der Waals surface area (Å²) < 4.78 is 37.0. The zero-order chi connectivity index (χ0) is 19.1. The summed E-state index contributed by atoms with van der Waals surface area (Å²) in [5, 5.41) is 9.65. The highest BCUT2D eigenvalue weighted by Gasteiger charge is 2.57. The predicted molar refractivity (Wildman–Crippen MR) is 90.5 cm³/mol. The number of hydrogen-bond donors (Lipinski definition) is 1. The van der Waals surface area contributed by atoms with Crippen LogP contribution in [0.3, 0.4) is 0 Å². The molecule has 0 amide bonds. The van der Waals surface area contributed by atoms with Gasteiger partial charge in [0.1, 0.15) is 11.3 Å². The fourth-order valence-electron chi connectivity index (χ4n) is 4.04. The molecule has 2 atom stereocenters. The number of hydrogen-bond acceptors (Lipinski definition) is 6. The van der Waals surface area contributed by atoms with E-state index < -0.39 is 27.4 Å². The van der Waals surface area contributed by atoms with Crippen LogP contribution in [0.25, 0.3) is 0 Å². The number of sulfonamides is 1. The Labute approximate surface area is 151 Å². The van der Waals surface area contributed by atoms with Gasteiger partial charge in [-0.3, -0.25) is 4.79 Å². The topological polar surface area (TPSA) is 110 Å². The van der Waals surface area contributed by atoms with E-state index in [1.165, 1.54) is 36.7 Å². The Kier molecular flexibility index (Phi) is 4.70. The Morgan fingerprint density at radius 1 is 1.31 bits per heavy atom. The van der Waals surface area contributed by atoms with Gasteiger partial charge in [-0.25, -0.2) is 13.2 Å². The Hall–Kier alpha value is -2.13. The smallest absolute Gasteiger partial charge is 0.341 e. The molecule has 9 heteroatoms. The fourth-order valence-corrected chi connectivity index (χ4v) is 5.62. The Bertz CT molecular complexity index is 851. The minimum Gasteiger partial charge on any atom is -0.496 e. The first kappa shape index (κ1) is 18.7. The molecule has 1 saturated carbocycles. The molecule has 0 unspecified atom stereocenters. The molecule has 1 saturated heterocycles. The number of esters is 1. The number of carbonyl (C=O) groups excluding carboxylic acids is 1. The van der Waals surface area contributed by atoms with Gasteiger partial charge >= 0.3 is 11.9 Å². The number of ether oxygens (including phenoxy) is 2. The Balaban J connectivity index is 1.97. The molecular weight excluding hydrogens is 362 g/mol. The first-order valence-corrected chi connectivity index (χ1v) is 9.70. The van der Waals surface area contributed by atoms with Gasteiger partial charge in [-0.15, -0.1) is 0 Å². The van der Waals surface area contributed by atoms with Crippen molar-refractivity contribution < 1.29 is 32.6 Å². The summed E-state index contributed by atoms with van der Waals surface area (Å²) in [5.41, 5.74) is -1.01. The van der Waals surface area contributed by atoms with Crippen LogP contribution in [-0.4, -0.2) is 57.1 Å².